The maximum atomic E-state index is 6.05. The maximum absolute atomic E-state index is 6.05. The van der Waals surface area contributed by atoms with Crippen LogP contribution in [0.4, 0.5) is 0 Å². The highest BCUT2D eigenvalue weighted by atomic mass is 127. The molecule has 2 N–H and O–H groups in total. The van der Waals surface area contributed by atoms with Crippen molar-refractivity contribution >= 4 is 29.9 Å². The number of hydrogen-bond acceptors (Lipinski definition) is 3. The molecule has 26 heavy (non-hydrogen) atoms. The Kier molecular flexibility index (Phi) is 13.7. The van der Waals surface area contributed by atoms with Crippen molar-refractivity contribution in [2.24, 2.45) is 4.99 Å². The molecule has 2 rings (SSSR count). The standard InChI is InChI=1S/C20H40N4O.HI/c1-3-14-24-15-11-18(12-16-24)23-20(21-4-2)22-13-17-25-19-9-7-5-6-8-10-19;/h18-19H,3-17H2,1-2H3,(H2,21,22,23);1H. The number of rotatable bonds is 8. The third-order valence-corrected chi connectivity index (χ3v) is 5.33. The van der Waals surface area contributed by atoms with E-state index < -0.39 is 0 Å². The van der Waals surface area contributed by atoms with Gasteiger partial charge in [-0.05, 0) is 45.6 Å². The van der Waals surface area contributed by atoms with Gasteiger partial charge in [-0.15, -0.1) is 24.0 Å². The molecule has 0 atom stereocenters. The molecule has 2 aliphatic rings. The van der Waals surface area contributed by atoms with Crippen LogP contribution in [0.15, 0.2) is 4.99 Å². The quantitative estimate of drug-likeness (QED) is 0.183. The van der Waals surface area contributed by atoms with Crippen LogP contribution in [0.25, 0.3) is 0 Å². The van der Waals surface area contributed by atoms with E-state index in [-0.39, 0.29) is 24.0 Å². The SMILES string of the molecule is CCCN1CCC(NC(=NCCOC2CCCCCC2)NCC)CC1.I. The third-order valence-electron chi connectivity index (χ3n) is 5.33. The summed E-state index contributed by atoms with van der Waals surface area (Å²) in [6, 6.07) is 0.550. The molecular weight excluding hydrogens is 439 g/mol. The number of hydrogen-bond donors (Lipinski definition) is 2. The zero-order valence-corrected chi connectivity index (χ0v) is 19.3. The minimum absolute atomic E-state index is 0. The Labute approximate surface area is 178 Å². The van der Waals surface area contributed by atoms with E-state index >= 15 is 0 Å². The molecule has 0 aromatic rings. The predicted molar refractivity (Wildman–Crippen MR) is 122 cm³/mol. The molecule has 0 spiro atoms. The lowest BCUT2D eigenvalue weighted by molar-refractivity contribution is 0.0487. The van der Waals surface area contributed by atoms with Crippen LogP contribution < -0.4 is 10.6 Å². The molecule has 6 heteroatoms. The van der Waals surface area contributed by atoms with Gasteiger partial charge in [0, 0.05) is 25.7 Å². The van der Waals surface area contributed by atoms with Gasteiger partial charge in [-0.2, -0.15) is 0 Å². The second kappa shape index (κ2) is 14.9. The van der Waals surface area contributed by atoms with E-state index in [4.69, 9.17) is 9.73 Å². The average molecular weight is 480 g/mol. The van der Waals surface area contributed by atoms with Gasteiger partial charge in [0.15, 0.2) is 5.96 Å². The number of likely N-dealkylation sites (tertiary alicyclic amines) is 1. The van der Waals surface area contributed by atoms with Crippen LogP contribution in [0.2, 0.25) is 0 Å². The molecule has 1 heterocycles. The Bertz CT molecular complexity index is 365. The molecule has 5 nitrogen and oxygen atoms in total. The summed E-state index contributed by atoms with van der Waals surface area (Å²) < 4.78 is 6.05. The molecule has 0 bridgehead atoms. The summed E-state index contributed by atoms with van der Waals surface area (Å²) in [6.07, 6.45) is 12.0. The van der Waals surface area contributed by atoms with Crippen molar-refractivity contribution in [3.8, 4) is 0 Å². The van der Waals surface area contributed by atoms with Crippen molar-refractivity contribution in [2.45, 2.75) is 83.8 Å². The summed E-state index contributed by atoms with van der Waals surface area (Å²) in [7, 11) is 0. The molecule has 0 unspecified atom stereocenters. The lowest BCUT2D eigenvalue weighted by Crippen LogP contribution is -2.48. The van der Waals surface area contributed by atoms with Crippen molar-refractivity contribution in [2.75, 3.05) is 39.3 Å². The van der Waals surface area contributed by atoms with Crippen molar-refractivity contribution in [3.63, 3.8) is 0 Å². The Morgan fingerprint density at radius 3 is 2.35 bits per heavy atom. The summed E-state index contributed by atoms with van der Waals surface area (Å²) in [5.41, 5.74) is 0. The van der Waals surface area contributed by atoms with E-state index in [0.717, 1.165) is 25.7 Å². The van der Waals surface area contributed by atoms with Gasteiger partial charge < -0.3 is 20.3 Å². The molecule has 0 aromatic carbocycles. The molecule has 154 valence electrons. The van der Waals surface area contributed by atoms with Crippen molar-refractivity contribution < 1.29 is 4.74 Å². The zero-order chi connectivity index (χ0) is 17.7. The summed E-state index contributed by atoms with van der Waals surface area (Å²) >= 11 is 0. The molecule has 1 saturated carbocycles. The van der Waals surface area contributed by atoms with Gasteiger partial charge >= 0.3 is 0 Å². The first-order chi connectivity index (χ1) is 12.3. The lowest BCUT2D eigenvalue weighted by Gasteiger charge is -2.32. The number of ether oxygens (including phenoxy) is 1. The second-order valence-corrected chi connectivity index (χ2v) is 7.51. The van der Waals surface area contributed by atoms with Crippen LogP contribution in [-0.2, 0) is 4.74 Å². The Morgan fingerprint density at radius 1 is 1.04 bits per heavy atom. The van der Waals surface area contributed by atoms with Crippen LogP contribution in [0.3, 0.4) is 0 Å². The van der Waals surface area contributed by atoms with Crippen LogP contribution in [-0.4, -0.2) is 62.3 Å². The average Bonchev–Trinajstić information content (AvgIpc) is 2.89. The molecule has 0 amide bonds. The van der Waals surface area contributed by atoms with E-state index in [9.17, 15) is 0 Å². The molecule has 1 aliphatic carbocycles. The maximum Gasteiger partial charge on any atom is 0.191 e. The van der Waals surface area contributed by atoms with E-state index in [1.165, 1.54) is 77.4 Å². The number of aliphatic imine (C=N–C) groups is 1. The first kappa shape index (κ1) is 24.0. The van der Waals surface area contributed by atoms with Crippen molar-refractivity contribution in [1.29, 1.82) is 0 Å². The summed E-state index contributed by atoms with van der Waals surface area (Å²) in [5.74, 6) is 0.959. The van der Waals surface area contributed by atoms with Gasteiger partial charge in [0.25, 0.3) is 0 Å². The van der Waals surface area contributed by atoms with Crippen LogP contribution in [0, 0.1) is 0 Å². The summed E-state index contributed by atoms with van der Waals surface area (Å²) in [5, 5.41) is 7.01. The Hall–Kier alpha value is -0.0800. The molecule has 0 radical (unpaired) electrons. The minimum atomic E-state index is 0. The monoisotopic (exact) mass is 480 g/mol. The second-order valence-electron chi connectivity index (χ2n) is 7.51. The zero-order valence-electron chi connectivity index (χ0n) is 17.0. The minimum Gasteiger partial charge on any atom is -0.376 e. The highest BCUT2D eigenvalue weighted by Crippen LogP contribution is 2.19. The number of nitrogens with zero attached hydrogens (tertiary/aromatic N) is 2. The smallest absolute Gasteiger partial charge is 0.191 e. The van der Waals surface area contributed by atoms with E-state index in [0.29, 0.717) is 12.1 Å². The highest BCUT2D eigenvalue weighted by Gasteiger charge is 2.19. The Balaban J connectivity index is 0.00000338. The molecule has 2 fully saturated rings. The fourth-order valence-electron chi connectivity index (χ4n) is 3.92. The summed E-state index contributed by atoms with van der Waals surface area (Å²) in [4.78, 5) is 7.30. The summed E-state index contributed by atoms with van der Waals surface area (Å²) in [6.45, 7) is 10.4. The number of guanidine groups is 1. The fourth-order valence-corrected chi connectivity index (χ4v) is 3.92. The van der Waals surface area contributed by atoms with Gasteiger partial charge in [-0.1, -0.05) is 32.6 Å². The third kappa shape index (κ3) is 9.74. The normalized spacial score (nSPS) is 21.1. The first-order valence-corrected chi connectivity index (χ1v) is 10.7. The van der Waals surface area contributed by atoms with E-state index in [2.05, 4.69) is 29.4 Å². The van der Waals surface area contributed by atoms with E-state index in [1.54, 1.807) is 0 Å². The highest BCUT2D eigenvalue weighted by molar-refractivity contribution is 14.0. The predicted octanol–water partition coefficient (Wildman–Crippen LogP) is 3.77. The molecular formula is C20H41IN4O. The van der Waals surface area contributed by atoms with Gasteiger partial charge in [0.1, 0.15) is 0 Å². The van der Waals surface area contributed by atoms with Crippen LogP contribution in [0.5, 0.6) is 0 Å². The van der Waals surface area contributed by atoms with Crippen LogP contribution >= 0.6 is 24.0 Å². The van der Waals surface area contributed by atoms with Crippen molar-refractivity contribution in [1.82, 2.24) is 15.5 Å². The molecule has 1 aliphatic heterocycles. The van der Waals surface area contributed by atoms with Gasteiger partial charge in [0.2, 0.25) is 0 Å². The van der Waals surface area contributed by atoms with Gasteiger partial charge in [-0.3, -0.25) is 4.99 Å². The van der Waals surface area contributed by atoms with Gasteiger partial charge in [0.05, 0.1) is 19.3 Å². The van der Waals surface area contributed by atoms with Crippen LogP contribution in [0.1, 0.15) is 71.6 Å². The van der Waals surface area contributed by atoms with Crippen molar-refractivity contribution in [3.05, 3.63) is 0 Å². The molecule has 1 saturated heterocycles. The first-order valence-electron chi connectivity index (χ1n) is 10.7. The number of piperidine rings is 1. The Morgan fingerprint density at radius 2 is 1.73 bits per heavy atom. The largest absolute Gasteiger partial charge is 0.376 e. The lowest BCUT2D eigenvalue weighted by atomic mass is 10.1. The fraction of sp³-hybridized carbons (Fsp3) is 0.950. The van der Waals surface area contributed by atoms with Gasteiger partial charge in [-0.25, -0.2) is 0 Å². The topological polar surface area (TPSA) is 48.9 Å². The number of halogens is 1. The molecule has 0 aromatic heterocycles. The van der Waals surface area contributed by atoms with E-state index in [1.807, 2.05) is 0 Å². The number of nitrogens with one attached hydrogen (secondary N) is 2.